The summed E-state index contributed by atoms with van der Waals surface area (Å²) in [4.78, 5) is 52.3. The number of hydrogen-bond acceptors (Lipinski definition) is 6. The van der Waals surface area contributed by atoms with Crippen molar-refractivity contribution in [1.29, 1.82) is 0 Å². The maximum Gasteiger partial charge on any atom is 0.246 e. The second-order valence-corrected chi connectivity index (χ2v) is 16.5. The minimum atomic E-state index is -1.31. The molecule has 0 aliphatic carbocycles. The maximum atomic E-state index is 15.4. The van der Waals surface area contributed by atoms with E-state index in [-0.39, 0.29) is 50.8 Å². The molecule has 298 valence electrons. The molecule has 2 aromatic carbocycles. The molecule has 15 heteroatoms. The number of rotatable bonds is 13. The Labute approximate surface area is 324 Å². The van der Waals surface area contributed by atoms with Crippen LogP contribution in [-0.4, -0.2) is 112 Å². The van der Waals surface area contributed by atoms with Crippen molar-refractivity contribution >= 4 is 51.3 Å². The average molecular weight is 785 g/mol. The van der Waals surface area contributed by atoms with E-state index in [1.54, 1.807) is 37.2 Å². The number of alkyl halides is 2. The number of amides is 3. The van der Waals surface area contributed by atoms with Gasteiger partial charge >= 0.3 is 0 Å². The highest BCUT2D eigenvalue weighted by molar-refractivity contribution is 6.31. The fourth-order valence-corrected chi connectivity index (χ4v) is 8.42. The van der Waals surface area contributed by atoms with Crippen LogP contribution in [0.2, 0.25) is 5.02 Å². The van der Waals surface area contributed by atoms with Crippen LogP contribution in [-0.2, 0) is 27.3 Å². The Balaban J connectivity index is 1.44. The highest BCUT2D eigenvalue weighted by Gasteiger charge is 2.43. The number of aromatic nitrogens is 3. The van der Waals surface area contributed by atoms with Crippen LogP contribution in [0, 0.1) is 11.2 Å². The molecule has 2 saturated heterocycles. The van der Waals surface area contributed by atoms with Crippen molar-refractivity contribution in [2.45, 2.75) is 103 Å². The zero-order chi connectivity index (χ0) is 39.8. The molecule has 6 rings (SSSR count). The van der Waals surface area contributed by atoms with Crippen molar-refractivity contribution in [3.63, 3.8) is 0 Å². The topological polar surface area (TPSA) is 127 Å². The van der Waals surface area contributed by atoms with Gasteiger partial charge in [-0.1, -0.05) is 51.8 Å². The first-order valence-corrected chi connectivity index (χ1v) is 19.5. The highest BCUT2D eigenvalue weighted by Crippen LogP contribution is 2.38. The first-order chi connectivity index (χ1) is 26.1. The molecule has 0 radical (unpaired) electrons. The Morgan fingerprint density at radius 2 is 1.69 bits per heavy atom. The summed E-state index contributed by atoms with van der Waals surface area (Å²) in [6, 6.07) is 7.24. The largest absolute Gasteiger partial charge is 0.352 e. The quantitative estimate of drug-likeness (QED) is 0.141. The van der Waals surface area contributed by atoms with Gasteiger partial charge in [-0.25, -0.2) is 18.2 Å². The third kappa shape index (κ3) is 8.51. The van der Waals surface area contributed by atoms with E-state index in [1.807, 2.05) is 38.3 Å². The molecular formula is C40H52ClF3N8O3. The zero-order valence-electron chi connectivity index (χ0n) is 32.3. The highest BCUT2D eigenvalue weighted by atomic mass is 35.5. The van der Waals surface area contributed by atoms with Crippen molar-refractivity contribution < 1.29 is 27.6 Å². The van der Waals surface area contributed by atoms with Gasteiger partial charge in [0.1, 0.15) is 24.2 Å². The fourth-order valence-electron chi connectivity index (χ4n) is 8.25. The molecule has 55 heavy (non-hydrogen) atoms. The number of carbonyl (C=O) groups is 3. The van der Waals surface area contributed by atoms with E-state index in [4.69, 9.17) is 16.6 Å². The smallest absolute Gasteiger partial charge is 0.246 e. The van der Waals surface area contributed by atoms with E-state index in [0.29, 0.717) is 45.9 Å². The van der Waals surface area contributed by atoms with Crippen molar-refractivity contribution in [3.05, 3.63) is 52.8 Å². The minimum Gasteiger partial charge on any atom is -0.352 e. The van der Waals surface area contributed by atoms with Crippen LogP contribution in [0.4, 0.5) is 13.2 Å². The van der Waals surface area contributed by atoms with Gasteiger partial charge in [-0.15, -0.1) is 0 Å². The Hall–Kier alpha value is -4.14. The van der Waals surface area contributed by atoms with Crippen molar-refractivity contribution in [1.82, 2.24) is 40.3 Å². The first-order valence-electron chi connectivity index (χ1n) is 19.1. The molecule has 2 fully saturated rings. The molecule has 11 nitrogen and oxygen atoms in total. The van der Waals surface area contributed by atoms with Crippen molar-refractivity contribution in [2.24, 2.45) is 5.41 Å². The molecule has 2 aromatic heterocycles. The first kappa shape index (κ1) is 40.5. The molecule has 0 spiro atoms. The molecule has 0 saturated carbocycles. The van der Waals surface area contributed by atoms with Gasteiger partial charge in [0, 0.05) is 47.4 Å². The second-order valence-electron chi connectivity index (χ2n) is 16.0. The Kier molecular flexibility index (Phi) is 12.2. The van der Waals surface area contributed by atoms with E-state index in [1.165, 1.54) is 17.0 Å². The molecular weight excluding hydrogens is 733 g/mol. The number of nitrogens with one attached hydrogen (secondary N) is 4. The summed E-state index contributed by atoms with van der Waals surface area (Å²) < 4.78 is 47.3. The average Bonchev–Trinajstić information content (AvgIpc) is 3.88. The number of imidazole rings is 1. The normalized spacial score (nSPS) is 21.5. The summed E-state index contributed by atoms with van der Waals surface area (Å²) in [5.41, 5.74) is 2.29. The standard InChI is InChI=1S/C40H52ClF3N8O3/c1-7-8-30(46-6)38(54)50-19-24(43)14-26(50)17-29-28-11-9-22(41)13-31(28)47-35(29)37-48-32-16-23(42)10-12-33(32)52(37)21-27-15-25(44)20-51(27)39(55)36(40(2,3)4)49-34(53)18-45-5/h9-13,16,24-27,30,36,45-47H,7-8,14-15,17-21H2,1-6H3,(H,49,53). The summed E-state index contributed by atoms with van der Waals surface area (Å²) in [5.74, 6) is -0.967. The number of likely N-dealkylation sites (N-methyl/N-ethyl adjacent to an activating group) is 2. The van der Waals surface area contributed by atoms with E-state index >= 15 is 8.78 Å². The predicted molar refractivity (Wildman–Crippen MR) is 209 cm³/mol. The van der Waals surface area contributed by atoms with Crippen LogP contribution in [0.1, 0.15) is 58.9 Å². The van der Waals surface area contributed by atoms with Gasteiger partial charge < -0.3 is 35.3 Å². The number of hydrogen-bond donors (Lipinski definition) is 4. The van der Waals surface area contributed by atoms with E-state index in [2.05, 4.69) is 20.9 Å². The number of aromatic amines is 1. The van der Waals surface area contributed by atoms with Gasteiger partial charge in [-0.05, 0) is 62.2 Å². The van der Waals surface area contributed by atoms with Gasteiger partial charge in [0.05, 0.1) is 48.4 Å². The number of halogens is 4. The molecule has 0 bridgehead atoms. The number of nitrogens with zero attached hydrogens (tertiary/aromatic N) is 4. The lowest BCUT2D eigenvalue weighted by molar-refractivity contribution is -0.140. The van der Waals surface area contributed by atoms with Gasteiger partial charge in [0.2, 0.25) is 17.7 Å². The van der Waals surface area contributed by atoms with Gasteiger partial charge in [0.15, 0.2) is 5.82 Å². The molecule has 6 unspecified atom stereocenters. The van der Waals surface area contributed by atoms with Crippen LogP contribution >= 0.6 is 11.6 Å². The monoisotopic (exact) mass is 784 g/mol. The summed E-state index contributed by atoms with van der Waals surface area (Å²) in [5, 5.41) is 10.0. The lowest BCUT2D eigenvalue weighted by Gasteiger charge is -2.36. The number of fused-ring (bicyclic) bond motifs is 2. The van der Waals surface area contributed by atoms with E-state index in [9.17, 15) is 18.8 Å². The fraction of sp³-hybridized carbons (Fsp3) is 0.550. The van der Waals surface area contributed by atoms with Gasteiger partial charge in [0.25, 0.3) is 0 Å². The Morgan fingerprint density at radius 1 is 1.00 bits per heavy atom. The third-order valence-corrected chi connectivity index (χ3v) is 11.1. The summed E-state index contributed by atoms with van der Waals surface area (Å²) in [6.45, 7) is 7.52. The number of carbonyl (C=O) groups excluding carboxylic acids is 3. The minimum absolute atomic E-state index is 0.00634. The molecule has 2 aliphatic rings. The molecule has 4 N–H and O–H groups in total. The van der Waals surface area contributed by atoms with Gasteiger partial charge in [-0.2, -0.15) is 0 Å². The third-order valence-electron chi connectivity index (χ3n) is 10.9. The predicted octanol–water partition coefficient (Wildman–Crippen LogP) is 5.54. The zero-order valence-corrected chi connectivity index (χ0v) is 33.1. The summed E-state index contributed by atoms with van der Waals surface area (Å²) in [7, 11) is 3.37. The summed E-state index contributed by atoms with van der Waals surface area (Å²) >= 11 is 6.46. The van der Waals surface area contributed by atoms with Crippen LogP contribution in [0.15, 0.2) is 36.4 Å². The molecule has 4 aromatic rings. The Bertz CT molecular complexity index is 2050. The molecule has 2 aliphatic heterocycles. The maximum absolute atomic E-state index is 15.4. The molecule has 3 amide bonds. The molecule has 6 atom stereocenters. The second kappa shape index (κ2) is 16.5. The number of likely N-dealkylation sites (tertiary alicyclic amines) is 2. The lowest BCUT2D eigenvalue weighted by atomic mass is 9.85. The van der Waals surface area contributed by atoms with Crippen LogP contribution in [0.3, 0.4) is 0 Å². The van der Waals surface area contributed by atoms with Crippen molar-refractivity contribution in [2.75, 3.05) is 33.7 Å². The summed E-state index contributed by atoms with van der Waals surface area (Å²) in [6.07, 6.45) is -0.596. The van der Waals surface area contributed by atoms with Crippen LogP contribution in [0.25, 0.3) is 33.5 Å². The number of H-pyrrole nitrogens is 1. The van der Waals surface area contributed by atoms with Crippen LogP contribution < -0.4 is 16.0 Å². The lowest BCUT2D eigenvalue weighted by Crippen LogP contribution is -2.57. The van der Waals surface area contributed by atoms with Gasteiger partial charge in [-0.3, -0.25) is 14.4 Å². The SMILES string of the molecule is CCCC(NC)C(=O)N1CC(F)CC1Cc1c(-c2nc3cc(F)ccc3n2CC2CC(F)CN2C(=O)C(NC(=O)CNC)C(C)(C)C)[nH]c2cc(Cl)ccc12. The molecule has 4 heterocycles. The van der Waals surface area contributed by atoms with E-state index < -0.39 is 53.7 Å². The van der Waals surface area contributed by atoms with Crippen LogP contribution in [0.5, 0.6) is 0 Å². The number of benzene rings is 2. The Morgan fingerprint density at radius 3 is 2.35 bits per heavy atom. The van der Waals surface area contributed by atoms with Crippen molar-refractivity contribution in [3.8, 4) is 11.5 Å². The van der Waals surface area contributed by atoms with E-state index in [0.717, 1.165) is 17.4 Å².